The van der Waals surface area contributed by atoms with Gasteiger partial charge in [0.2, 0.25) is 0 Å². The minimum atomic E-state index is 0.873. The summed E-state index contributed by atoms with van der Waals surface area (Å²) in [7, 11) is 0. The molecule has 0 aromatic rings. The Balaban J connectivity index is 2.21. The van der Waals surface area contributed by atoms with Crippen LogP contribution in [0.25, 0.3) is 0 Å². The zero-order valence-electron chi connectivity index (χ0n) is 6.77. The zero-order valence-corrected chi connectivity index (χ0v) is 13.6. The van der Waals surface area contributed by atoms with E-state index in [0.29, 0.717) is 0 Å². The van der Waals surface area contributed by atoms with Crippen LogP contribution in [0.2, 0.25) is 5.32 Å². The minimum absolute atomic E-state index is 0.873. The fraction of sp³-hybridized carbons (Fsp3) is 0.500. The van der Waals surface area contributed by atoms with Gasteiger partial charge in [0.05, 0.1) is 0 Å². The third kappa shape index (κ3) is 7.01. The number of hydrogen-bond donors (Lipinski definition) is 0. The van der Waals surface area contributed by atoms with Crippen LogP contribution >= 0.6 is 0 Å². The Morgan fingerprint density at radius 3 is 3.00 bits per heavy atom. The van der Waals surface area contributed by atoms with Gasteiger partial charge in [0, 0.05) is 0 Å². The molecular weight excluding hydrogens is 412 g/mol. The predicted molar refractivity (Wildman–Crippen MR) is 60.0 cm³/mol. The van der Waals surface area contributed by atoms with Crippen molar-refractivity contribution >= 4 is 48.9 Å². The molecule has 1 aliphatic heterocycles. The van der Waals surface area contributed by atoms with Crippen LogP contribution in [0.5, 0.6) is 0 Å². The normalized spacial score (nSPS) is 21.3. The van der Waals surface area contributed by atoms with Gasteiger partial charge < -0.3 is 0 Å². The van der Waals surface area contributed by atoms with Gasteiger partial charge in [0.1, 0.15) is 0 Å². The molecule has 0 unspecified atom stereocenters. The van der Waals surface area contributed by atoms with Crippen LogP contribution in [0.15, 0.2) is 23.2 Å². The van der Waals surface area contributed by atoms with Gasteiger partial charge in [-0.2, -0.15) is 0 Å². The maximum absolute atomic E-state index is 2.41. The average Bonchev–Trinajstić information content (AvgIpc) is 2.05. The van der Waals surface area contributed by atoms with Crippen molar-refractivity contribution in [3.8, 4) is 0 Å². The summed E-state index contributed by atoms with van der Waals surface area (Å²) in [6.45, 7) is 0. The van der Waals surface area contributed by atoms with E-state index in [2.05, 4.69) is 23.2 Å². The molecule has 0 bridgehead atoms. The zero-order chi connectivity index (χ0) is 8.49. The van der Waals surface area contributed by atoms with E-state index in [4.69, 9.17) is 0 Å². The molecule has 0 aliphatic carbocycles. The van der Waals surface area contributed by atoms with E-state index in [9.17, 15) is 0 Å². The molecule has 0 saturated carbocycles. The Bertz CT molecular complexity index is 135. The Hall–Kier alpha value is 1.56. The fourth-order valence-corrected chi connectivity index (χ4v) is 37.6. The molecule has 0 fully saturated rings. The average molecular weight is 424 g/mol. The van der Waals surface area contributed by atoms with Crippen molar-refractivity contribution in [3.05, 3.63) is 23.2 Å². The molecule has 1 heterocycles. The number of allylic oxidation sites excluding steroid dienone is 3. The maximum atomic E-state index is 2.41. The van der Waals surface area contributed by atoms with E-state index >= 15 is 0 Å². The second-order valence-corrected chi connectivity index (χ2v) is 28.3. The molecule has 1 rings (SSSR count). The van der Waals surface area contributed by atoms with Crippen LogP contribution in [0.3, 0.4) is 0 Å². The molecule has 0 atom stereocenters. The van der Waals surface area contributed by atoms with Crippen molar-refractivity contribution in [1.82, 2.24) is 0 Å². The van der Waals surface area contributed by atoms with Crippen LogP contribution in [0.4, 0.5) is 0 Å². The first-order valence-electron chi connectivity index (χ1n) is 3.93. The van der Waals surface area contributed by atoms with Gasteiger partial charge in [-0.1, -0.05) is 0 Å². The third-order valence-electron chi connectivity index (χ3n) is 1.34. The second-order valence-electron chi connectivity index (χ2n) is 2.31. The van der Waals surface area contributed by atoms with Gasteiger partial charge in [-0.25, -0.2) is 0 Å². The Labute approximate surface area is 95.7 Å². The molecule has 0 N–H and O–H groups in total. The van der Waals surface area contributed by atoms with Crippen molar-refractivity contribution in [2.75, 3.05) is 0 Å². The van der Waals surface area contributed by atoms with Gasteiger partial charge >= 0.3 is 96.7 Å². The molecule has 0 radical (unpaired) electrons. The first-order valence-corrected chi connectivity index (χ1v) is 19.1. The first-order chi connectivity index (χ1) is 6.00. The SMILES string of the molecule is C1=CCCCC[Se][Se][Se][Se]C=C1. The summed E-state index contributed by atoms with van der Waals surface area (Å²) in [5.74, 6) is 0. The summed E-state index contributed by atoms with van der Waals surface area (Å²) < 4.78 is 0. The summed E-state index contributed by atoms with van der Waals surface area (Å²) in [5, 5.41) is 1.56. The van der Waals surface area contributed by atoms with E-state index in [1.807, 2.05) is 0 Å². The Morgan fingerprint density at radius 2 is 2.00 bits per heavy atom. The fourth-order valence-electron chi connectivity index (χ4n) is 0.768. The van der Waals surface area contributed by atoms with E-state index < -0.39 is 0 Å². The van der Waals surface area contributed by atoms with Gasteiger partial charge in [0.15, 0.2) is 0 Å². The third-order valence-corrected chi connectivity index (χ3v) is 38.3. The summed E-state index contributed by atoms with van der Waals surface area (Å²) in [6.07, 6.45) is 11.0. The standard InChI is InChI=1S/C8H12Se4/c1-2-4-6-8-10-12-11-9-7-5-3-1/h1,3,5,7H,2,4,6,8H2. The molecule has 0 spiro atoms. The molecule has 4 heteroatoms. The Kier molecular flexibility index (Phi) is 8.85. The summed E-state index contributed by atoms with van der Waals surface area (Å²) in [4.78, 5) is 2.41. The predicted octanol–water partition coefficient (Wildman–Crippen LogP) is 1.22. The van der Waals surface area contributed by atoms with Gasteiger partial charge in [-0.3, -0.25) is 0 Å². The Morgan fingerprint density at radius 1 is 1.00 bits per heavy atom. The van der Waals surface area contributed by atoms with Crippen molar-refractivity contribution in [2.24, 2.45) is 0 Å². The van der Waals surface area contributed by atoms with Crippen LogP contribution in [-0.2, 0) is 0 Å². The molecule has 0 aromatic carbocycles. The second kappa shape index (κ2) is 9.13. The van der Waals surface area contributed by atoms with E-state index in [1.165, 1.54) is 19.3 Å². The van der Waals surface area contributed by atoms with E-state index in [0.717, 1.165) is 48.9 Å². The molecule has 0 nitrogen and oxygen atoms in total. The van der Waals surface area contributed by atoms with Gasteiger partial charge in [0.25, 0.3) is 0 Å². The quantitative estimate of drug-likeness (QED) is 0.514. The van der Waals surface area contributed by atoms with Crippen LogP contribution in [0, 0.1) is 0 Å². The van der Waals surface area contributed by atoms with Crippen molar-refractivity contribution in [1.29, 1.82) is 0 Å². The molecule has 1 aliphatic rings. The summed E-state index contributed by atoms with van der Waals surface area (Å²) in [5.41, 5.74) is 0. The van der Waals surface area contributed by atoms with Crippen molar-refractivity contribution in [2.45, 2.75) is 24.6 Å². The molecule has 0 amide bonds. The van der Waals surface area contributed by atoms with Crippen molar-refractivity contribution < 1.29 is 0 Å². The monoisotopic (exact) mass is 428 g/mol. The molecule has 68 valence electrons. The first kappa shape index (κ1) is 11.6. The van der Waals surface area contributed by atoms with Crippen LogP contribution in [0.1, 0.15) is 19.3 Å². The van der Waals surface area contributed by atoms with E-state index in [1.54, 1.807) is 5.32 Å². The number of rotatable bonds is 0. The van der Waals surface area contributed by atoms with Crippen LogP contribution < -0.4 is 0 Å². The molecule has 0 saturated heterocycles. The molecule has 0 aromatic heterocycles. The molecular formula is C8H12Se4. The van der Waals surface area contributed by atoms with Crippen molar-refractivity contribution in [3.63, 3.8) is 0 Å². The van der Waals surface area contributed by atoms with Gasteiger partial charge in [-0.05, 0) is 0 Å². The van der Waals surface area contributed by atoms with E-state index in [-0.39, 0.29) is 0 Å². The summed E-state index contributed by atoms with van der Waals surface area (Å²) >= 11 is 4.03. The van der Waals surface area contributed by atoms with Crippen LogP contribution in [-0.4, -0.2) is 48.9 Å². The van der Waals surface area contributed by atoms with Gasteiger partial charge in [-0.15, -0.1) is 0 Å². The molecule has 12 heavy (non-hydrogen) atoms. The summed E-state index contributed by atoms with van der Waals surface area (Å²) in [6, 6.07) is 0. The topological polar surface area (TPSA) is 0 Å². The number of hydrogen-bond acceptors (Lipinski definition) is 0.